The fourth-order valence-corrected chi connectivity index (χ4v) is 2.41. The van der Waals surface area contributed by atoms with E-state index in [9.17, 15) is 9.59 Å². The third-order valence-electron chi connectivity index (χ3n) is 3.24. The van der Waals surface area contributed by atoms with Crippen molar-refractivity contribution in [2.45, 2.75) is 12.8 Å². The van der Waals surface area contributed by atoms with Crippen LogP contribution >= 0.6 is 23.2 Å². The van der Waals surface area contributed by atoms with Gasteiger partial charge in [-0.1, -0.05) is 59.6 Å². The number of rotatable bonds is 7. The average molecular weight is 359 g/mol. The Bertz CT molecular complexity index is 724. The number of carbonyl (C=O) groups excluding carboxylic acids is 2. The summed E-state index contributed by atoms with van der Waals surface area (Å²) in [5.74, 6) is -0.195. The predicted octanol–water partition coefficient (Wildman–Crippen LogP) is 5.64. The standard InChI is InChI=1S/C20H16Cl2O2/c21-17-5-1-3-15(13-17)7-9-19(23)11-12-20(24)10-8-16-4-2-6-18(22)14-16/h1-10,13-14H,11-12H2/b9-7+,10-8+. The van der Waals surface area contributed by atoms with Crippen LogP contribution < -0.4 is 0 Å². The summed E-state index contributed by atoms with van der Waals surface area (Å²) >= 11 is 11.8. The van der Waals surface area contributed by atoms with Gasteiger partial charge < -0.3 is 0 Å². The van der Waals surface area contributed by atoms with Gasteiger partial charge in [0.2, 0.25) is 0 Å². The lowest BCUT2D eigenvalue weighted by atomic mass is 10.1. The molecule has 2 aromatic carbocycles. The molecule has 0 saturated heterocycles. The van der Waals surface area contributed by atoms with Gasteiger partial charge in [0.05, 0.1) is 0 Å². The van der Waals surface area contributed by atoms with Gasteiger partial charge in [-0.2, -0.15) is 0 Å². The van der Waals surface area contributed by atoms with Gasteiger partial charge in [0.1, 0.15) is 0 Å². The summed E-state index contributed by atoms with van der Waals surface area (Å²) in [6, 6.07) is 14.4. The highest BCUT2D eigenvalue weighted by Gasteiger charge is 2.02. The first-order valence-corrected chi connectivity index (χ1v) is 8.21. The predicted molar refractivity (Wildman–Crippen MR) is 100 cm³/mol. The van der Waals surface area contributed by atoms with Gasteiger partial charge in [0.15, 0.2) is 11.6 Å². The first-order chi connectivity index (χ1) is 11.5. The SMILES string of the molecule is O=C(/C=C/c1cccc(Cl)c1)CCC(=O)/C=C/c1cccc(Cl)c1. The minimum atomic E-state index is -0.0977. The minimum Gasteiger partial charge on any atom is -0.295 e. The van der Waals surface area contributed by atoms with Crippen LogP contribution in [0.25, 0.3) is 12.2 Å². The number of benzene rings is 2. The Morgan fingerprint density at radius 3 is 1.54 bits per heavy atom. The van der Waals surface area contributed by atoms with Crippen molar-refractivity contribution in [3.05, 3.63) is 81.9 Å². The second-order valence-corrected chi connectivity index (χ2v) is 6.08. The van der Waals surface area contributed by atoms with E-state index in [-0.39, 0.29) is 24.4 Å². The highest BCUT2D eigenvalue weighted by atomic mass is 35.5. The highest BCUT2D eigenvalue weighted by Crippen LogP contribution is 2.13. The van der Waals surface area contributed by atoms with Gasteiger partial charge in [-0.05, 0) is 47.5 Å². The molecule has 0 heterocycles. The van der Waals surface area contributed by atoms with Gasteiger partial charge in [-0.15, -0.1) is 0 Å². The zero-order valence-electron chi connectivity index (χ0n) is 12.9. The molecular weight excluding hydrogens is 343 g/mol. The van der Waals surface area contributed by atoms with Gasteiger partial charge in [-0.3, -0.25) is 9.59 Å². The molecule has 0 fully saturated rings. The molecule has 122 valence electrons. The lowest BCUT2D eigenvalue weighted by Gasteiger charge is -1.96. The molecule has 0 bridgehead atoms. The smallest absolute Gasteiger partial charge is 0.156 e. The molecule has 0 saturated carbocycles. The number of ketones is 2. The van der Waals surface area contributed by atoms with Crippen molar-refractivity contribution in [3.8, 4) is 0 Å². The topological polar surface area (TPSA) is 34.1 Å². The third-order valence-corrected chi connectivity index (χ3v) is 3.71. The van der Waals surface area contributed by atoms with Crippen LogP contribution in [-0.4, -0.2) is 11.6 Å². The Hall–Kier alpha value is -2.16. The van der Waals surface area contributed by atoms with Crippen molar-refractivity contribution in [1.82, 2.24) is 0 Å². The Morgan fingerprint density at radius 2 is 1.17 bits per heavy atom. The van der Waals surface area contributed by atoms with Crippen LogP contribution in [0.5, 0.6) is 0 Å². The second-order valence-electron chi connectivity index (χ2n) is 5.21. The largest absolute Gasteiger partial charge is 0.295 e. The summed E-state index contributed by atoms with van der Waals surface area (Å²) in [5.41, 5.74) is 1.70. The molecule has 0 N–H and O–H groups in total. The molecule has 2 nitrogen and oxygen atoms in total. The molecule has 0 aliphatic rings. The third kappa shape index (κ3) is 6.53. The number of allylic oxidation sites excluding steroid dienone is 2. The summed E-state index contributed by atoms with van der Waals surface area (Å²) < 4.78 is 0. The molecule has 0 amide bonds. The molecule has 0 atom stereocenters. The molecule has 0 radical (unpaired) electrons. The Kier molecular flexibility index (Phi) is 6.98. The van der Waals surface area contributed by atoms with Crippen LogP contribution in [0.3, 0.4) is 0 Å². The van der Waals surface area contributed by atoms with Crippen molar-refractivity contribution < 1.29 is 9.59 Å². The molecule has 0 aromatic heterocycles. The number of halogens is 2. The maximum Gasteiger partial charge on any atom is 0.156 e. The summed E-state index contributed by atoms with van der Waals surface area (Å²) in [4.78, 5) is 23.6. The van der Waals surface area contributed by atoms with Crippen molar-refractivity contribution >= 4 is 46.9 Å². The average Bonchev–Trinajstić information content (AvgIpc) is 2.56. The molecule has 24 heavy (non-hydrogen) atoms. The van der Waals surface area contributed by atoms with Crippen LogP contribution in [0.1, 0.15) is 24.0 Å². The van der Waals surface area contributed by atoms with Crippen LogP contribution in [0.15, 0.2) is 60.7 Å². The van der Waals surface area contributed by atoms with Crippen molar-refractivity contribution in [2.75, 3.05) is 0 Å². The second kappa shape index (κ2) is 9.21. The van der Waals surface area contributed by atoms with Gasteiger partial charge in [-0.25, -0.2) is 0 Å². The fourth-order valence-electron chi connectivity index (χ4n) is 2.01. The molecule has 0 aliphatic heterocycles. The maximum atomic E-state index is 11.8. The molecule has 2 rings (SSSR count). The van der Waals surface area contributed by atoms with E-state index in [2.05, 4.69) is 0 Å². The van der Waals surface area contributed by atoms with Crippen molar-refractivity contribution in [3.63, 3.8) is 0 Å². The molecule has 0 unspecified atom stereocenters. The fraction of sp³-hybridized carbons (Fsp3) is 0.100. The van der Waals surface area contributed by atoms with Crippen molar-refractivity contribution in [1.29, 1.82) is 0 Å². The monoisotopic (exact) mass is 358 g/mol. The quantitative estimate of drug-likeness (QED) is 0.600. The van der Waals surface area contributed by atoms with Gasteiger partial charge in [0, 0.05) is 22.9 Å². The molecule has 2 aromatic rings. The van der Waals surface area contributed by atoms with E-state index in [0.717, 1.165) is 11.1 Å². The Morgan fingerprint density at radius 1 is 0.750 bits per heavy atom. The van der Waals surface area contributed by atoms with Gasteiger partial charge >= 0.3 is 0 Å². The zero-order valence-corrected chi connectivity index (χ0v) is 14.4. The van der Waals surface area contributed by atoms with Crippen LogP contribution in [-0.2, 0) is 9.59 Å². The summed E-state index contributed by atoms with van der Waals surface area (Å²) in [7, 11) is 0. The normalized spacial score (nSPS) is 11.2. The summed E-state index contributed by atoms with van der Waals surface area (Å²) in [6.07, 6.45) is 6.69. The van der Waals surface area contributed by atoms with E-state index in [1.54, 1.807) is 36.4 Å². The molecule has 4 heteroatoms. The lowest BCUT2D eigenvalue weighted by molar-refractivity contribution is -0.119. The Labute approximate surface area is 151 Å². The maximum absolute atomic E-state index is 11.8. The number of hydrogen-bond donors (Lipinski definition) is 0. The summed E-state index contributed by atoms with van der Waals surface area (Å²) in [6.45, 7) is 0. The summed E-state index contributed by atoms with van der Waals surface area (Å²) in [5, 5.41) is 1.23. The number of carbonyl (C=O) groups is 2. The minimum absolute atomic E-state index is 0.0977. The van der Waals surface area contributed by atoms with Crippen LogP contribution in [0, 0.1) is 0 Å². The molecule has 0 spiro atoms. The number of hydrogen-bond acceptors (Lipinski definition) is 2. The molecule has 0 aliphatic carbocycles. The van der Waals surface area contributed by atoms with Crippen LogP contribution in [0.2, 0.25) is 10.0 Å². The van der Waals surface area contributed by atoms with E-state index in [1.165, 1.54) is 12.2 Å². The van der Waals surface area contributed by atoms with E-state index < -0.39 is 0 Å². The van der Waals surface area contributed by atoms with E-state index in [1.807, 2.05) is 24.3 Å². The van der Waals surface area contributed by atoms with Crippen LogP contribution in [0.4, 0.5) is 0 Å². The highest BCUT2D eigenvalue weighted by molar-refractivity contribution is 6.31. The van der Waals surface area contributed by atoms with Crippen molar-refractivity contribution in [2.24, 2.45) is 0 Å². The van der Waals surface area contributed by atoms with E-state index in [0.29, 0.717) is 10.0 Å². The lowest BCUT2D eigenvalue weighted by Crippen LogP contribution is -1.99. The zero-order chi connectivity index (χ0) is 17.4. The van der Waals surface area contributed by atoms with E-state index in [4.69, 9.17) is 23.2 Å². The first-order valence-electron chi connectivity index (χ1n) is 7.46. The Balaban J connectivity index is 1.82. The van der Waals surface area contributed by atoms with Gasteiger partial charge in [0.25, 0.3) is 0 Å². The van der Waals surface area contributed by atoms with E-state index >= 15 is 0 Å². The first kappa shape index (κ1) is 18.2. The molecular formula is C20H16Cl2O2.